The maximum atomic E-state index is 6.14. The average Bonchev–Trinajstić information content (AvgIpc) is 2.26. The Morgan fingerprint density at radius 2 is 1.86 bits per heavy atom. The highest BCUT2D eigenvalue weighted by Gasteiger charge is 2.16. The first-order chi connectivity index (χ1) is 6.74. The summed E-state index contributed by atoms with van der Waals surface area (Å²) in [5, 5.41) is 0. The summed E-state index contributed by atoms with van der Waals surface area (Å²) in [5.41, 5.74) is 6.14. The standard InChI is InChI=1S/C13H27N/c1-3-11(2)13(14)10-9-12-7-5-4-6-8-12/h11-13H,3-10,14H2,1-2H3. The lowest BCUT2D eigenvalue weighted by Crippen LogP contribution is -2.28. The second-order valence-corrected chi connectivity index (χ2v) is 5.13. The van der Waals surface area contributed by atoms with Crippen molar-refractivity contribution in [1.82, 2.24) is 0 Å². The third-order valence-electron chi connectivity index (χ3n) is 4.01. The monoisotopic (exact) mass is 197 g/mol. The first kappa shape index (κ1) is 12.0. The first-order valence-electron chi connectivity index (χ1n) is 6.49. The predicted octanol–water partition coefficient (Wildman–Crippen LogP) is 3.72. The lowest BCUT2D eigenvalue weighted by atomic mass is 9.83. The van der Waals surface area contributed by atoms with Gasteiger partial charge in [0, 0.05) is 6.04 Å². The molecule has 0 aromatic heterocycles. The zero-order valence-corrected chi connectivity index (χ0v) is 9.97. The van der Waals surface area contributed by atoms with Gasteiger partial charge in [-0.05, 0) is 24.7 Å². The summed E-state index contributed by atoms with van der Waals surface area (Å²) in [6.45, 7) is 4.52. The van der Waals surface area contributed by atoms with E-state index >= 15 is 0 Å². The van der Waals surface area contributed by atoms with Crippen LogP contribution in [0.5, 0.6) is 0 Å². The summed E-state index contributed by atoms with van der Waals surface area (Å²) < 4.78 is 0. The quantitative estimate of drug-likeness (QED) is 0.714. The molecule has 0 radical (unpaired) electrons. The number of hydrogen-bond acceptors (Lipinski definition) is 1. The lowest BCUT2D eigenvalue weighted by molar-refractivity contribution is 0.304. The zero-order chi connectivity index (χ0) is 10.4. The fourth-order valence-electron chi connectivity index (χ4n) is 2.49. The number of hydrogen-bond donors (Lipinski definition) is 1. The van der Waals surface area contributed by atoms with Gasteiger partial charge in [0.05, 0.1) is 0 Å². The van der Waals surface area contributed by atoms with Gasteiger partial charge in [-0.25, -0.2) is 0 Å². The molecule has 0 aromatic carbocycles. The average molecular weight is 197 g/mol. The normalized spacial score (nSPS) is 23.4. The molecule has 2 atom stereocenters. The van der Waals surface area contributed by atoms with Crippen molar-refractivity contribution in [2.45, 2.75) is 71.3 Å². The molecule has 1 aliphatic carbocycles. The van der Waals surface area contributed by atoms with Crippen molar-refractivity contribution in [3.8, 4) is 0 Å². The minimum atomic E-state index is 0.446. The highest BCUT2D eigenvalue weighted by atomic mass is 14.6. The van der Waals surface area contributed by atoms with Gasteiger partial charge in [-0.3, -0.25) is 0 Å². The molecule has 1 aliphatic rings. The zero-order valence-electron chi connectivity index (χ0n) is 9.97. The summed E-state index contributed by atoms with van der Waals surface area (Å²) in [4.78, 5) is 0. The van der Waals surface area contributed by atoms with E-state index in [-0.39, 0.29) is 0 Å². The summed E-state index contributed by atoms with van der Waals surface area (Å²) in [6, 6.07) is 0.446. The van der Waals surface area contributed by atoms with Crippen LogP contribution in [0.25, 0.3) is 0 Å². The van der Waals surface area contributed by atoms with Gasteiger partial charge in [-0.15, -0.1) is 0 Å². The third kappa shape index (κ3) is 4.00. The molecule has 1 heteroatoms. The van der Waals surface area contributed by atoms with Gasteiger partial charge in [-0.1, -0.05) is 52.4 Å². The Bertz CT molecular complexity index is 136. The van der Waals surface area contributed by atoms with E-state index in [1.165, 1.54) is 51.4 Å². The second kappa shape index (κ2) is 6.44. The molecule has 0 saturated heterocycles. The molecular weight excluding hydrogens is 170 g/mol. The van der Waals surface area contributed by atoms with Crippen molar-refractivity contribution < 1.29 is 0 Å². The van der Waals surface area contributed by atoms with Crippen molar-refractivity contribution in [1.29, 1.82) is 0 Å². The fraction of sp³-hybridized carbons (Fsp3) is 1.00. The van der Waals surface area contributed by atoms with Crippen LogP contribution >= 0.6 is 0 Å². The van der Waals surface area contributed by atoms with Crippen molar-refractivity contribution in [2.75, 3.05) is 0 Å². The van der Waals surface area contributed by atoms with Gasteiger partial charge in [0.1, 0.15) is 0 Å². The molecule has 1 fully saturated rings. The molecule has 0 aromatic rings. The van der Waals surface area contributed by atoms with E-state index in [1.54, 1.807) is 0 Å². The highest BCUT2D eigenvalue weighted by Crippen LogP contribution is 2.28. The molecule has 1 nitrogen and oxygen atoms in total. The van der Waals surface area contributed by atoms with Crippen LogP contribution in [-0.4, -0.2) is 6.04 Å². The molecular formula is C13H27N. The summed E-state index contributed by atoms with van der Waals surface area (Å²) >= 11 is 0. The predicted molar refractivity (Wildman–Crippen MR) is 63.2 cm³/mol. The van der Waals surface area contributed by atoms with Gasteiger partial charge in [0.15, 0.2) is 0 Å². The van der Waals surface area contributed by atoms with Crippen LogP contribution < -0.4 is 5.73 Å². The Balaban J connectivity index is 2.12. The number of rotatable bonds is 5. The third-order valence-corrected chi connectivity index (χ3v) is 4.01. The van der Waals surface area contributed by atoms with E-state index in [0.29, 0.717) is 12.0 Å². The molecule has 0 bridgehead atoms. The van der Waals surface area contributed by atoms with Gasteiger partial charge in [-0.2, -0.15) is 0 Å². The van der Waals surface area contributed by atoms with Crippen molar-refractivity contribution in [3.05, 3.63) is 0 Å². The number of nitrogens with two attached hydrogens (primary N) is 1. The summed E-state index contributed by atoms with van der Waals surface area (Å²) in [6.07, 6.45) is 11.2. The molecule has 0 spiro atoms. The van der Waals surface area contributed by atoms with Crippen molar-refractivity contribution in [3.63, 3.8) is 0 Å². The fourth-order valence-corrected chi connectivity index (χ4v) is 2.49. The van der Waals surface area contributed by atoms with E-state index < -0.39 is 0 Å². The molecule has 1 saturated carbocycles. The smallest absolute Gasteiger partial charge is 0.00645 e. The van der Waals surface area contributed by atoms with E-state index in [4.69, 9.17) is 5.73 Å². The van der Waals surface area contributed by atoms with Crippen LogP contribution in [0.15, 0.2) is 0 Å². The molecule has 2 N–H and O–H groups in total. The van der Waals surface area contributed by atoms with E-state index in [9.17, 15) is 0 Å². The van der Waals surface area contributed by atoms with Crippen LogP contribution in [0.4, 0.5) is 0 Å². The van der Waals surface area contributed by atoms with Crippen LogP contribution in [0.2, 0.25) is 0 Å². The van der Waals surface area contributed by atoms with E-state index in [1.807, 2.05) is 0 Å². The molecule has 0 amide bonds. The van der Waals surface area contributed by atoms with Crippen molar-refractivity contribution >= 4 is 0 Å². The van der Waals surface area contributed by atoms with Crippen molar-refractivity contribution in [2.24, 2.45) is 17.6 Å². The van der Waals surface area contributed by atoms with Crippen LogP contribution in [-0.2, 0) is 0 Å². The Kier molecular flexibility index (Phi) is 5.54. The first-order valence-corrected chi connectivity index (χ1v) is 6.49. The van der Waals surface area contributed by atoms with Gasteiger partial charge < -0.3 is 5.73 Å². The minimum absolute atomic E-state index is 0.446. The molecule has 0 aliphatic heterocycles. The largest absolute Gasteiger partial charge is 0.327 e. The Morgan fingerprint density at radius 3 is 2.43 bits per heavy atom. The SMILES string of the molecule is CCC(C)C(N)CCC1CCCCC1. The van der Waals surface area contributed by atoms with E-state index in [0.717, 1.165) is 5.92 Å². The molecule has 0 heterocycles. The lowest BCUT2D eigenvalue weighted by Gasteiger charge is -2.24. The Morgan fingerprint density at radius 1 is 1.21 bits per heavy atom. The van der Waals surface area contributed by atoms with Gasteiger partial charge >= 0.3 is 0 Å². The molecule has 1 rings (SSSR count). The molecule has 2 unspecified atom stereocenters. The minimum Gasteiger partial charge on any atom is -0.327 e. The summed E-state index contributed by atoms with van der Waals surface area (Å²) in [7, 11) is 0. The van der Waals surface area contributed by atoms with Gasteiger partial charge in [0.2, 0.25) is 0 Å². The van der Waals surface area contributed by atoms with E-state index in [2.05, 4.69) is 13.8 Å². The maximum absolute atomic E-state index is 6.14. The maximum Gasteiger partial charge on any atom is 0.00645 e. The Hall–Kier alpha value is -0.0400. The van der Waals surface area contributed by atoms with Gasteiger partial charge in [0.25, 0.3) is 0 Å². The van der Waals surface area contributed by atoms with Crippen LogP contribution in [0.1, 0.15) is 65.2 Å². The topological polar surface area (TPSA) is 26.0 Å². The highest BCUT2D eigenvalue weighted by molar-refractivity contribution is 4.72. The summed E-state index contributed by atoms with van der Waals surface area (Å²) in [5.74, 6) is 1.71. The molecule has 14 heavy (non-hydrogen) atoms. The second-order valence-electron chi connectivity index (χ2n) is 5.13. The molecule has 84 valence electrons. The van der Waals surface area contributed by atoms with Crippen LogP contribution in [0, 0.1) is 11.8 Å². The van der Waals surface area contributed by atoms with Crippen LogP contribution in [0.3, 0.4) is 0 Å². The Labute approximate surface area is 89.5 Å².